The van der Waals surface area contributed by atoms with Gasteiger partial charge in [-0.15, -0.1) is 0 Å². The quantitative estimate of drug-likeness (QED) is 0.711. The van der Waals surface area contributed by atoms with E-state index in [0.29, 0.717) is 12.9 Å². The van der Waals surface area contributed by atoms with Crippen molar-refractivity contribution in [1.82, 2.24) is 10.3 Å². The number of aromatic nitrogens is 1. The van der Waals surface area contributed by atoms with E-state index in [9.17, 15) is 4.39 Å². The van der Waals surface area contributed by atoms with Crippen LogP contribution < -0.4 is 5.32 Å². The van der Waals surface area contributed by atoms with Crippen molar-refractivity contribution in [2.75, 3.05) is 0 Å². The summed E-state index contributed by atoms with van der Waals surface area (Å²) < 4.78 is 11.4. The molecule has 3 heteroatoms. The molecular formula is C8H9FN2. The molecular weight excluding hydrogens is 143 g/mol. The van der Waals surface area contributed by atoms with E-state index in [1.54, 1.807) is 12.4 Å². The second-order valence-corrected chi connectivity index (χ2v) is 2.03. The molecule has 0 aliphatic carbocycles. The highest BCUT2D eigenvalue weighted by atomic mass is 19.1. The maximum absolute atomic E-state index is 11.4. The molecule has 0 saturated heterocycles. The summed E-state index contributed by atoms with van der Waals surface area (Å²) in [6.07, 6.45) is 5.16. The van der Waals surface area contributed by atoms with Crippen LogP contribution in [0.2, 0.25) is 0 Å². The van der Waals surface area contributed by atoms with Gasteiger partial charge in [0.2, 0.25) is 0 Å². The summed E-state index contributed by atoms with van der Waals surface area (Å²) in [6, 6.07) is 3.77. The Labute approximate surface area is 64.8 Å². The smallest absolute Gasteiger partial charge is 0.102 e. The van der Waals surface area contributed by atoms with Gasteiger partial charge < -0.3 is 5.32 Å². The summed E-state index contributed by atoms with van der Waals surface area (Å²) in [6.45, 7) is 0.605. The molecule has 0 unspecified atom stereocenters. The Morgan fingerprint density at radius 3 is 3.18 bits per heavy atom. The van der Waals surface area contributed by atoms with Crippen LogP contribution in [-0.2, 0) is 6.54 Å². The number of nitrogens with one attached hydrogen (secondary N) is 1. The van der Waals surface area contributed by atoms with E-state index in [1.165, 1.54) is 6.20 Å². The van der Waals surface area contributed by atoms with Crippen LogP contribution in [0.3, 0.4) is 0 Å². The highest BCUT2D eigenvalue weighted by molar-refractivity contribution is 5.08. The van der Waals surface area contributed by atoms with Crippen LogP contribution in [0, 0.1) is 0 Å². The fourth-order valence-corrected chi connectivity index (χ4v) is 0.724. The van der Waals surface area contributed by atoms with Crippen molar-refractivity contribution >= 4 is 0 Å². The van der Waals surface area contributed by atoms with Crippen LogP contribution in [0.25, 0.3) is 0 Å². The van der Waals surface area contributed by atoms with E-state index >= 15 is 0 Å². The third kappa shape index (κ3) is 2.80. The maximum Gasteiger partial charge on any atom is 0.102 e. The molecule has 0 radical (unpaired) electrons. The molecule has 0 bridgehead atoms. The van der Waals surface area contributed by atoms with Gasteiger partial charge in [0, 0.05) is 25.1 Å². The zero-order valence-corrected chi connectivity index (χ0v) is 6.00. The van der Waals surface area contributed by atoms with Crippen molar-refractivity contribution in [1.29, 1.82) is 0 Å². The number of halogens is 1. The summed E-state index contributed by atoms with van der Waals surface area (Å²) in [5.74, 6) is 0. The van der Waals surface area contributed by atoms with Gasteiger partial charge in [-0.3, -0.25) is 4.98 Å². The summed E-state index contributed by atoms with van der Waals surface area (Å²) in [4.78, 5) is 3.91. The summed E-state index contributed by atoms with van der Waals surface area (Å²) in [5.41, 5.74) is 1.03. The Kier molecular flexibility index (Phi) is 3.12. The zero-order chi connectivity index (χ0) is 7.94. The molecule has 0 spiro atoms. The van der Waals surface area contributed by atoms with Crippen LogP contribution in [0.1, 0.15) is 5.56 Å². The molecule has 0 aromatic carbocycles. The lowest BCUT2D eigenvalue weighted by Crippen LogP contribution is -2.03. The van der Waals surface area contributed by atoms with Crippen LogP contribution in [-0.4, -0.2) is 4.98 Å². The van der Waals surface area contributed by atoms with Crippen molar-refractivity contribution < 1.29 is 4.39 Å². The minimum Gasteiger partial charge on any atom is -0.385 e. The fourth-order valence-electron chi connectivity index (χ4n) is 0.724. The highest BCUT2D eigenvalue weighted by Crippen LogP contribution is 1.93. The molecule has 0 saturated carbocycles. The first kappa shape index (κ1) is 7.72. The lowest BCUT2D eigenvalue weighted by molar-refractivity contribution is 0.702. The molecule has 0 amide bonds. The monoisotopic (exact) mass is 152 g/mol. The summed E-state index contributed by atoms with van der Waals surface area (Å²) >= 11 is 0. The van der Waals surface area contributed by atoms with Gasteiger partial charge in [-0.1, -0.05) is 6.07 Å². The van der Waals surface area contributed by atoms with Crippen LogP contribution >= 0.6 is 0 Å². The highest BCUT2D eigenvalue weighted by Gasteiger charge is 1.86. The lowest BCUT2D eigenvalue weighted by Gasteiger charge is -1.97. The van der Waals surface area contributed by atoms with Crippen LogP contribution in [0.15, 0.2) is 37.1 Å². The minimum atomic E-state index is 0.469. The van der Waals surface area contributed by atoms with E-state index in [0.717, 1.165) is 5.56 Å². The molecule has 0 aliphatic heterocycles. The maximum atomic E-state index is 11.4. The van der Waals surface area contributed by atoms with Gasteiger partial charge in [0.25, 0.3) is 0 Å². The molecule has 58 valence electrons. The van der Waals surface area contributed by atoms with Crippen molar-refractivity contribution in [3.8, 4) is 0 Å². The van der Waals surface area contributed by atoms with E-state index in [4.69, 9.17) is 0 Å². The van der Waals surface area contributed by atoms with Crippen molar-refractivity contribution in [2.24, 2.45) is 0 Å². The molecule has 1 heterocycles. The third-order valence-corrected chi connectivity index (χ3v) is 1.21. The fraction of sp³-hybridized carbons (Fsp3) is 0.125. The van der Waals surface area contributed by atoms with E-state index in [2.05, 4.69) is 10.3 Å². The molecule has 0 fully saturated rings. The Bertz CT molecular complexity index is 221. The standard InChI is InChI=1S/C8H9FN2/c9-3-5-11-7-8-2-1-4-10-6-8/h1-6,11H,7H2/b5-3-. The molecule has 1 aromatic rings. The molecule has 1 N–H and O–H groups in total. The molecule has 0 atom stereocenters. The Morgan fingerprint density at radius 2 is 2.55 bits per heavy atom. The topological polar surface area (TPSA) is 24.9 Å². The van der Waals surface area contributed by atoms with Crippen molar-refractivity contribution in [3.05, 3.63) is 42.6 Å². The van der Waals surface area contributed by atoms with Gasteiger partial charge in [0.15, 0.2) is 0 Å². The van der Waals surface area contributed by atoms with Gasteiger partial charge >= 0.3 is 0 Å². The minimum absolute atomic E-state index is 0.469. The number of hydrogen-bond donors (Lipinski definition) is 1. The molecule has 2 nitrogen and oxygen atoms in total. The number of nitrogens with zero attached hydrogens (tertiary/aromatic N) is 1. The van der Waals surface area contributed by atoms with E-state index < -0.39 is 0 Å². The number of rotatable bonds is 3. The Balaban J connectivity index is 2.39. The van der Waals surface area contributed by atoms with Gasteiger partial charge in [-0.25, -0.2) is 4.39 Å². The number of pyridine rings is 1. The second-order valence-electron chi connectivity index (χ2n) is 2.03. The zero-order valence-electron chi connectivity index (χ0n) is 6.00. The van der Waals surface area contributed by atoms with Crippen LogP contribution in [0.4, 0.5) is 4.39 Å². The number of hydrogen-bond acceptors (Lipinski definition) is 2. The van der Waals surface area contributed by atoms with Gasteiger partial charge in [-0.05, 0) is 11.6 Å². The predicted molar refractivity (Wildman–Crippen MR) is 41.3 cm³/mol. The van der Waals surface area contributed by atoms with Crippen LogP contribution in [0.5, 0.6) is 0 Å². The first-order chi connectivity index (χ1) is 5.43. The van der Waals surface area contributed by atoms with Gasteiger partial charge in [-0.2, -0.15) is 0 Å². The van der Waals surface area contributed by atoms with E-state index in [-0.39, 0.29) is 0 Å². The normalized spacial score (nSPS) is 10.3. The van der Waals surface area contributed by atoms with Gasteiger partial charge in [0.1, 0.15) is 6.33 Å². The first-order valence-corrected chi connectivity index (χ1v) is 3.31. The Morgan fingerprint density at radius 1 is 1.64 bits per heavy atom. The van der Waals surface area contributed by atoms with Gasteiger partial charge in [0.05, 0.1) is 0 Å². The molecule has 1 rings (SSSR count). The first-order valence-electron chi connectivity index (χ1n) is 3.31. The lowest BCUT2D eigenvalue weighted by atomic mass is 10.3. The van der Waals surface area contributed by atoms with Crippen molar-refractivity contribution in [2.45, 2.75) is 6.54 Å². The van der Waals surface area contributed by atoms with E-state index in [1.807, 2.05) is 12.1 Å². The third-order valence-electron chi connectivity index (χ3n) is 1.21. The SMILES string of the molecule is F/C=C\NCc1cccnc1. The largest absolute Gasteiger partial charge is 0.385 e. The summed E-state index contributed by atoms with van der Waals surface area (Å²) in [5, 5.41) is 2.76. The van der Waals surface area contributed by atoms with Crippen molar-refractivity contribution in [3.63, 3.8) is 0 Å². The average Bonchev–Trinajstić information content (AvgIpc) is 2.07. The average molecular weight is 152 g/mol. The second kappa shape index (κ2) is 4.44. The Hall–Kier alpha value is -1.38. The molecule has 11 heavy (non-hydrogen) atoms. The predicted octanol–water partition coefficient (Wildman–Crippen LogP) is 1.61. The molecule has 1 aromatic heterocycles. The molecule has 0 aliphatic rings. The summed E-state index contributed by atoms with van der Waals surface area (Å²) in [7, 11) is 0.